The smallest absolute Gasteiger partial charge is 0.220 e. The first-order valence-electron chi connectivity index (χ1n) is 8.39. The molecule has 1 aliphatic heterocycles. The van der Waals surface area contributed by atoms with Crippen LogP contribution in [0.1, 0.15) is 51.2 Å². The summed E-state index contributed by atoms with van der Waals surface area (Å²) in [7, 11) is 0. The van der Waals surface area contributed by atoms with Crippen LogP contribution in [-0.2, 0) is 21.5 Å². The van der Waals surface area contributed by atoms with Crippen LogP contribution in [0.4, 0.5) is 0 Å². The number of nitrogens with zero attached hydrogens (tertiary/aromatic N) is 2. The second-order valence-electron chi connectivity index (χ2n) is 7.19. The maximum absolute atomic E-state index is 12.0. The molecule has 1 aliphatic rings. The minimum absolute atomic E-state index is 0.0619. The molecule has 2 rings (SSSR count). The van der Waals surface area contributed by atoms with Crippen molar-refractivity contribution in [3.05, 3.63) is 16.1 Å². The fourth-order valence-corrected chi connectivity index (χ4v) is 3.50. The zero-order valence-corrected chi connectivity index (χ0v) is 15.5. The fourth-order valence-electron chi connectivity index (χ4n) is 2.54. The van der Waals surface area contributed by atoms with Crippen LogP contribution in [0.2, 0.25) is 0 Å². The van der Waals surface area contributed by atoms with E-state index in [4.69, 9.17) is 4.74 Å². The second kappa shape index (κ2) is 8.22. The predicted octanol–water partition coefficient (Wildman–Crippen LogP) is 2.56. The van der Waals surface area contributed by atoms with Crippen LogP contribution < -0.4 is 5.32 Å². The maximum Gasteiger partial charge on any atom is 0.220 e. The molecule has 1 aromatic heterocycles. The molecule has 0 spiro atoms. The molecule has 130 valence electrons. The molecule has 1 amide bonds. The topological polar surface area (TPSA) is 54.5 Å². The molecule has 1 fully saturated rings. The molecule has 0 radical (unpaired) electrons. The molecule has 2 heterocycles. The fraction of sp³-hybridized carbons (Fsp3) is 0.765. The number of hydrogen-bond acceptors (Lipinski definition) is 5. The molecule has 1 saturated heterocycles. The summed E-state index contributed by atoms with van der Waals surface area (Å²) in [6, 6.07) is 0.428. The molecule has 1 unspecified atom stereocenters. The van der Waals surface area contributed by atoms with Gasteiger partial charge in [0.25, 0.3) is 0 Å². The molecule has 1 aromatic rings. The first-order valence-corrected chi connectivity index (χ1v) is 9.27. The van der Waals surface area contributed by atoms with Crippen molar-refractivity contribution >= 4 is 17.2 Å². The SMILES string of the molecule is CC(CCC(=O)NCc1nc(C(C)(C)C)cs1)N1CCOCC1. The lowest BCUT2D eigenvalue weighted by atomic mass is 9.93. The van der Waals surface area contributed by atoms with Crippen LogP contribution >= 0.6 is 11.3 Å². The number of rotatable bonds is 6. The van der Waals surface area contributed by atoms with Gasteiger partial charge in [-0.25, -0.2) is 4.98 Å². The van der Waals surface area contributed by atoms with Gasteiger partial charge in [-0.2, -0.15) is 0 Å². The van der Waals surface area contributed by atoms with Crippen LogP contribution in [0.3, 0.4) is 0 Å². The highest BCUT2D eigenvalue weighted by Gasteiger charge is 2.19. The highest BCUT2D eigenvalue weighted by atomic mass is 32.1. The van der Waals surface area contributed by atoms with E-state index in [1.165, 1.54) is 0 Å². The standard InChI is InChI=1S/C17H29N3O2S/c1-13(20-7-9-22-10-8-20)5-6-15(21)18-11-16-19-14(12-23-16)17(2,3)4/h12-13H,5-11H2,1-4H3,(H,18,21). The van der Waals surface area contributed by atoms with Crippen molar-refractivity contribution in [1.29, 1.82) is 0 Å². The average Bonchev–Trinajstić information content (AvgIpc) is 3.00. The lowest BCUT2D eigenvalue weighted by molar-refractivity contribution is -0.121. The van der Waals surface area contributed by atoms with Gasteiger partial charge in [0, 0.05) is 36.3 Å². The van der Waals surface area contributed by atoms with Gasteiger partial charge in [0.05, 0.1) is 25.5 Å². The van der Waals surface area contributed by atoms with Crippen LogP contribution in [0, 0.1) is 0 Å². The first kappa shape index (κ1) is 18.4. The van der Waals surface area contributed by atoms with Gasteiger partial charge in [0.15, 0.2) is 0 Å². The Morgan fingerprint density at radius 2 is 2.13 bits per heavy atom. The van der Waals surface area contributed by atoms with Gasteiger partial charge in [0.2, 0.25) is 5.91 Å². The summed E-state index contributed by atoms with van der Waals surface area (Å²) >= 11 is 1.62. The van der Waals surface area contributed by atoms with Crippen molar-refractivity contribution in [2.45, 2.75) is 58.5 Å². The first-order chi connectivity index (χ1) is 10.9. The summed E-state index contributed by atoms with van der Waals surface area (Å²) in [5.41, 5.74) is 1.15. The Morgan fingerprint density at radius 1 is 1.43 bits per heavy atom. The third kappa shape index (κ3) is 5.86. The van der Waals surface area contributed by atoms with E-state index in [2.05, 4.69) is 48.3 Å². The van der Waals surface area contributed by atoms with Crippen LogP contribution in [0.15, 0.2) is 5.38 Å². The third-order valence-electron chi connectivity index (χ3n) is 4.22. The Hall–Kier alpha value is -0.980. The normalized spacial score (nSPS) is 17.9. The Kier molecular flexibility index (Phi) is 6.56. The molecule has 0 aromatic carbocycles. The summed E-state index contributed by atoms with van der Waals surface area (Å²) in [5, 5.41) is 6.05. The minimum Gasteiger partial charge on any atom is -0.379 e. The van der Waals surface area contributed by atoms with E-state index in [1.54, 1.807) is 11.3 Å². The summed E-state index contributed by atoms with van der Waals surface area (Å²) in [6.45, 7) is 12.7. The predicted molar refractivity (Wildman–Crippen MR) is 93.7 cm³/mol. The quantitative estimate of drug-likeness (QED) is 0.865. The highest BCUT2D eigenvalue weighted by molar-refractivity contribution is 7.09. The Bertz CT molecular complexity index is 504. The van der Waals surface area contributed by atoms with E-state index in [0.717, 1.165) is 43.4 Å². The van der Waals surface area contributed by atoms with E-state index >= 15 is 0 Å². The van der Waals surface area contributed by atoms with E-state index < -0.39 is 0 Å². The van der Waals surface area contributed by atoms with E-state index in [9.17, 15) is 4.79 Å². The molecule has 0 aliphatic carbocycles. The van der Waals surface area contributed by atoms with Gasteiger partial charge < -0.3 is 10.1 Å². The number of carbonyl (C=O) groups excluding carboxylic acids is 1. The number of thiazole rings is 1. The average molecular weight is 340 g/mol. The molecule has 0 saturated carbocycles. The molecule has 1 atom stereocenters. The number of morpholine rings is 1. The number of aromatic nitrogens is 1. The van der Waals surface area contributed by atoms with E-state index in [1.807, 2.05) is 0 Å². The van der Waals surface area contributed by atoms with E-state index in [-0.39, 0.29) is 11.3 Å². The number of nitrogens with one attached hydrogen (secondary N) is 1. The van der Waals surface area contributed by atoms with Crippen molar-refractivity contribution in [2.24, 2.45) is 0 Å². The van der Waals surface area contributed by atoms with E-state index in [0.29, 0.717) is 19.0 Å². The molecule has 0 bridgehead atoms. The van der Waals surface area contributed by atoms with Crippen molar-refractivity contribution in [2.75, 3.05) is 26.3 Å². The summed E-state index contributed by atoms with van der Waals surface area (Å²) < 4.78 is 5.36. The van der Waals surface area contributed by atoms with Gasteiger partial charge in [0.1, 0.15) is 5.01 Å². The molecule has 6 heteroatoms. The lowest BCUT2D eigenvalue weighted by Crippen LogP contribution is -2.42. The Morgan fingerprint density at radius 3 is 2.74 bits per heavy atom. The molecular weight excluding hydrogens is 310 g/mol. The largest absolute Gasteiger partial charge is 0.379 e. The Balaban J connectivity index is 1.69. The molecule has 23 heavy (non-hydrogen) atoms. The number of amides is 1. The van der Waals surface area contributed by atoms with Crippen molar-refractivity contribution < 1.29 is 9.53 Å². The minimum atomic E-state index is 0.0619. The Labute approximate surface area is 143 Å². The third-order valence-corrected chi connectivity index (χ3v) is 5.06. The summed E-state index contributed by atoms with van der Waals surface area (Å²) in [6.07, 6.45) is 1.45. The zero-order chi connectivity index (χ0) is 16.9. The van der Waals surface area contributed by atoms with Gasteiger partial charge in [-0.3, -0.25) is 9.69 Å². The molecule has 5 nitrogen and oxygen atoms in total. The number of hydrogen-bond donors (Lipinski definition) is 1. The van der Waals surface area contributed by atoms with Gasteiger partial charge in [-0.05, 0) is 13.3 Å². The lowest BCUT2D eigenvalue weighted by Gasteiger charge is -2.32. The zero-order valence-electron chi connectivity index (χ0n) is 14.7. The molecular formula is C17H29N3O2S. The summed E-state index contributed by atoms with van der Waals surface area (Å²) in [5.74, 6) is 0.109. The van der Waals surface area contributed by atoms with Crippen LogP contribution in [0.5, 0.6) is 0 Å². The van der Waals surface area contributed by atoms with Crippen LogP contribution in [-0.4, -0.2) is 48.1 Å². The maximum atomic E-state index is 12.0. The monoisotopic (exact) mass is 339 g/mol. The van der Waals surface area contributed by atoms with Gasteiger partial charge >= 0.3 is 0 Å². The van der Waals surface area contributed by atoms with Crippen LogP contribution in [0.25, 0.3) is 0 Å². The van der Waals surface area contributed by atoms with Crippen molar-refractivity contribution in [1.82, 2.24) is 15.2 Å². The van der Waals surface area contributed by atoms with Gasteiger partial charge in [-0.1, -0.05) is 20.8 Å². The number of carbonyl (C=O) groups is 1. The van der Waals surface area contributed by atoms with Crippen molar-refractivity contribution in [3.8, 4) is 0 Å². The second-order valence-corrected chi connectivity index (χ2v) is 8.13. The van der Waals surface area contributed by atoms with Crippen molar-refractivity contribution in [3.63, 3.8) is 0 Å². The highest BCUT2D eigenvalue weighted by Crippen LogP contribution is 2.23. The number of ether oxygens (including phenoxy) is 1. The van der Waals surface area contributed by atoms with Gasteiger partial charge in [-0.15, -0.1) is 11.3 Å². The molecule has 1 N–H and O–H groups in total. The summed E-state index contributed by atoms with van der Waals surface area (Å²) in [4.78, 5) is 19.0.